The lowest BCUT2D eigenvalue weighted by molar-refractivity contribution is -0.115. The molecule has 0 unspecified atom stereocenters. The van der Waals surface area contributed by atoms with Gasteiger partial charge in [-0.3, -0.25) is 4.79 Å². The van der Waals surface area contributed by atoms with E-state index in [0.717, 1.165) is 35.1 Å². The summed E-state index contributed by atoms with van der Waals surface area (Å²) in [5.74, 6) is -5.03. The molecule has 0 fully saturated rings. The van der Waals surface area contributed by atoms with Crippen LogP contribution in [0.4, 0.5) is 18.9 Å². The molecule has 2 aromatic carbocycles. The summed E-state index contributed by atoms with van der Waals surface area (Å²) in [5, 5.41) is 13.3. The number of thioether (sulfide) groups is 1. The molecule has 1 N–H and O–H groups in total. The number of nitrogens with zero attached hydrogens (tertiary/aromatic N) is 4. The average Bonchev–Trinajstić information content (AvgIpc) is 3.10. The molecular formula is C17H14F3N5OS. The molecule has 3 aromatic rings. The number of aromatic nitrogens is 4. The van der Waals surface area contributed by atoms with Crippen LogP contribution in [0.3, 0.4) is 0 Å². The molecule has 1 atom stereocenters. The second-order valence-electron chi connectivity index (χ2n) is 5.63. The van der Waals surface area contributed by atoms with Crippen molar-refractivity contribution in [2.24, 2.45) is 0 Å². The fourth-order valence-corrected chi connectivity index (χ4v) is 3.07. The Morgan fingerprint density at radius 1 is 1.15 bits per heavy atom. The molecule has 0 spiro atoms. The van der Waals surface area contributed by atoms with Crippen molar-refractivity contribution in [3.05, 3.63) is 59.4 Å². The maximum absolute atomic E-state index is 13.7. The molecule has 1 aromatic heterocycles. The zero-order chi connectivity index (χ0) is 19.6. The minimum atomic E-state index is -1.64. The topological polar surface area (TPSA) is 72.7 Å². The van der Waals surface area contributed by atoms with Gasteiger partial charge in [-0.05, 0) is 48.0 Å². The van der Waals surface area contributed by atoms with Gasteiger partial charge in [0.05, 0.1) is 16.6 Å². The second kappa shape index (κ2) is 7.78. The lowest BCUT2D eigenvalue weighted by atomic mass is 10.2. The predicted molar refractivity (Wildman–Crippen MR) is 94.2 cm³/mol. The van der Waals surface area contributed by atoms with Crippen LogP contribution in [-0.2, 0) is 4.79 Å². The van der Waals surface area contributed by atoms with Gasteiger partial charge in [0.2, 0.25) is 11.1 Å². The largest absolute Gasteiger partial charge is 0.323 e. The first-order valence-corrected chi connectivity index (χ1v) is 8.72. The Kier molecular flexibility index (Phi) is 5.45. The quantitative estimate of drug-likeness (QED) is 0.531. The zero-order valence-electron chi connectivity index (χ0n) is 14.3. The van der Waals surface area contributed by atoms with Crippen LogP contribution in [-0.4, -0.2) is 31.4 Å². The number of para-hydroxylation sites is 1. The van der Waals surface area contributed by atoms with Crippen LogP contribution in [0.5, 0.6) is 0 Å². The van der Waals surface area contributed by atoms with Crippen LogP contribution in [0, 0.1) is 24.4 Å². The van der Waals surface area contributed by atoms with Crippen LogP contribution in [0.15, 0.2) is 41.6 Å². The SMILES string of the molecule is Cc1ccccc1-n1nnnc1S[C@H](C)C(=O)Nc1ccc(F)c(F)c1F. The Labute approximate surface area is 156 Å². The number of amides is 1. The summed E-state index contributed by atoms with van der Waals surface area (Å²) in [6.07, 6.45) is 0. The van der Waals surface area contributed by atoms with Crippen LogP contribution < -0.4 is 5.32 Å². The summed E-state index contributed by atoms with van der Waals surface area (Å²) in [6.45, 7) is 3.46. The van der Waals surface area contributed by atoms with Crippen molar-refractivity contribution in [2.45, 2.75) is 24.3 Å². The summed E-state index contributed by atoms with van der Waals surface area (Å²) < 4.78 is 41.5. The first kappa shape index (κ1) is 18.9. The molecule has 27 heavy (non-hydrogen) atoms. The number of carbonyl (C=O) groups is 1. The molecule has 6 nitrogen and oxygen atoms in total. The first-order chi connectivity index (χ1) is 12.9. The molecule has 0 aliphatic carbocycles. The number of carbonyl (C=O) groups excluding carboxylic acids is 1. The normalized spacial score (nSPS) is 12.0. The summed E-state index contributed by atoms with van der Waals surface area (Å²) in [4.78, 5) is 12.3. The zero-order valence-corrected chi connectivity index (χ0v) is 15.1. The van der Waals surface area contributed by atoms with Gasteiger partial charge in [0.25, 0.3) is 0 Å². The number of tetrazole rings is 1. The lowest BCUT2D eigenvalue weighted by Gasteiger charge is -2.13. The van der Waals surface area contributed by atoms with Gasteiger partial charge < -0.3 is 5.32 Å². The van der Waals surface area contributed by atoms with E-state index >= 15 is 0 Å². The number of hydrogen-bond acceptors (Lipinski definition) is 5. The molecule has 0 radical (unpaired) electrons. The Morgan fingerprint density at radius 3 is 2.63 bits per heavy atom. The number of anilines is 1. The van der Waals surface area contributed by atoms with E-state index in [2.05, 4.69) is 20.8 Å². The Bertz CT molecular complexity index is 994. The fourth-order valence-electron chi connectivity index (χ4n) is 2.27. The van der Waals surface area contributed by atoms with Crippen molar-refractivity contribution >= 4 is 23.4 Å². The van der Waals surface area contributed by atoms with Crippen LogP contribution in [0.1, 0.15) is 12.5 Å². The van der Waals surface area contributed by atoms with Crippen LogP contribution in [0.2, 0.25) is 0 Å². The van der Waals surface area contributed by atoms with E-state index in [9.17, 15) is 18.0 Å². The van der Waals surface area contributed by atoms with E-state index in [0.29, 0.717) is 5.16 Å². The third-order valence-corrected chi connectivity index (χ3v) is 4.76. The first-order valence-electron chi connectivity index (χ1n) is 7.84. The molecule has 0 saturated carbocycles. The molecule has 3 rings (SSSR count). The van der Waals surface area contributed by atoms with Gasteiger partial charge in [0, 0.05) is 0 Å². The summed E-state index contributed by atoms with van der Waals surface area (Å²) in [5.41, 5.74) is 1.25. The molecule has 10 heteroatoms. The summed E-state index contributed by atoms with van der Waals surface area (Å²) in [6, 6.07) is 9.14. The third-order valence-electron chi connectivity index (χ3n) is 3.73. The van der Waals surface area contributed by atoms with Crippen LogP contribution in [0.25, 0.3) is 5.69 Å². The van der Waals surface area contributed by atoms with Crippen molar-refractivity contribution in [3.63, 3.8) is 0 Å². The van der Waals surface area contributed by atoms with E-state index in [1.807, 2.05) is 31.2 Å². The molecule has 0 saturated heterocycles. The number of halogens is 3. The van der Waals surface area contributed by atoms with E-state index < -0.39 is 34.3 Å². The highest BCUT2D eigenvalue weighted by molar-refractivity contribution is 8.00. The average molecular weight is 393 g/mol. The van der Waals surface area contributed by atoms with Gasteiger partial charge in [-0.25, -0.2) is 13.2 Å². The van der Waals surface area contributed by atoms with E-state index in [1.54, 1.807) is 6.92 Å². The number of hydrogen-bond donors (Lipinski definition) is 1. The predicted octanol–water partition coefficient (Wildman–Crippen LogP) is 3.51. The molecule has 0 aliphatic rings. The number of benzene rings is 2. The number of nitrogens with one attached hydrogen (secondary N) is 1. The highest BCUT2D eigenvalue weighted by atomic mass is 32.2. The monoisotopic (exact) mass is 393 g/mol. The lowest BCUT2D eigenvalue weighted by Crippen LogP contribution is -2.23. The smallest absolute Gasteiger partial charge is 0.237 e. The maximum Gasteiger partial charge on any atom is 0.237 e. The van der Waals surface area contributed by atoms with Crippen molar-refractivity contribution in [1.82, 2.24) is 20.2 Å². The van der Waals surface area contributed by atoms with Gasteiger partial charge >= 0.3 is 0 Å². The standard InChI is InChI=1S/C17H14F3N5OS/c1-9-5-3-4-6-13(9)25-17(22-23-24-25)27-10(2)16(26)21-12-8-7-11(18)14(19)15(12)20/h3-8,10H,1-2H3,(H,21,26)/t10-/m1/s1. The van der Waals surface area contributed by atoms with Gasteiger partial charge in [-0.1, -0.05) is 30.0 Å². The molecule has 1 heterocycles. The molecule has 0 bridgehead atoms. The van der Waals surface area contributed by atoms with E-state index in [1.165, 1.54) is 4.68 Å². The number of rotatable bonds is 5. The second-order valence-corrected chi connectivity index (χ2v) is 6.94. The maximum atomic E-state index is 13.7. The summed E-state index contributed by atoms with van der Waals surface area (Å²) >= 11 is 1.05. The fraction of sp³-hybridized carbons (Fsp3) is 0.176. The molecular weight excluding hydrogens is 379 g/mol. The van der Waals surface area contributed by atoms with Crippen molar-refractivity contribution in [1.29, 1.82) is 0 Å². The molecule has 0 aliphatic heterocycles. The van der Waals surface area contributed by atoms with E-state index in [-0.39, 0.29) is 0 Å². The number of aryl methyl sites for hydroxylation is 1. The van der Waals surface area contributed by atoms with Crippen molar-refractivity contribution < 1.29 is 18.0 Å². The molecule has 1 amide bonds. The Balaban J connectivity index is 1.76. The highest BCUT2D eigenvalue weighted by Gasteiger charge is 2.22. The van der Waals surface area contributed by atoms with Gasteiger partial charge in [0.1, 0.15) is 0 Å². The Hall–Kier alpha value is -2.88. The third kappa shape index (κ3) is 3.95. The van der Waals surface area contributed by atoms with E-state index in [4.69, 9.17) is 0 Å². The molecule has 140 valence electrons. The van der Waals surface area contributed by atoms with Gasteiger partial charge in [0.15, 0.2) is 17.5 Å². The van der Waals surface area contributed by atoms with Gasteiger partial charge in [-0.2, -0.15) is 4.68 Å². The Morgan fingerprint density at radius 2 is 1.89 bits per heavy atom. The van der Waals surface area contributed by atoms with Gasteiger partial charge in [-0.15, -0.1) is 5.10 Å². The van der Waals surface area contributed by atoms with Crippen molar-refractivity contribution in [2.75, 3.05) is 5.32 Å². The summed E-state index contributed by atoms with van der Waals surface area (Å²) in [7, 11) is 0. The van der Waals surface area contributed by atoms with Crippen molar-refractivity contribution in [3.8, 4) is 5.69 Å². The highest BCUT2D eigenvalue weighted by Crippen LogP contribution is 2.26. The minimum Gasteiger partial charge on any atom is -0.323 e. The van der Waals surface area contributed by atoms with Crippen LogP contribution >= 0.6 is 11.8 Å². The minimum absolute atomic E-state index is 0.359.